The number of amides is 1. The van der Waals surface area contributed by atoms with Crippen LogP contribution < -0.4 is 10.9 Å². The van der Waals surface area contributed by atoms with Crippen molar-refractivity contribution in [2.24, 2.45) is 0 Å². The third-order valence-electron chi connectivity index (χ3n) is 5.27. The molecule has 0 spiro atoms. The number of aromatic nitrogens is 2. The van der Waals surface area contributed by atoms with Crippen LogP contribution >= 0.6 is 11.3 Å². The number of nitrogens with one attached hydrogen (secondary N) is 1. The summed E-state index contributed by atoms with van der Waals surface area (Å²) < 4.78 is 2.68. The zero-order valence-corrected chi connectivity index (χ0v) is 18.8. The molecule has 1 N–H and O–H groups in total. The predicted octanol–water partition coefficient (Wildman–Crippen LogP) is 5.53. The highest BCUT2D eigenvalue weighted by atomic mass is 32.1. The molecule has 4 aromatic rings. The lowest BCUT2D eigenvalue weighted by atomic mass is 10.1. The maximum Gasteiger partial charge on any atom is 0.290 e. The number of carbonyl (C=O) groups excluding carboxylic acids is 1. The largest absolute Gasteiger partial charge is 0.326 e. The monoisotopic (exact) mass is 431 g/mol. The Balaban J connectivity index is 1.68. The van der Waals surface area contributed by atoms with Gasteiger partial charge in [0.25, 0.3) is 5.56 Å². The number of carbonyl (C=O) groups is 1. The Hall–Kier alpha value is -3.25. The van der Waals surface area contributed by atoms with Crippen LogP contribution in [0.2, 0.25) is 0 Å². The van der Waals surface area contributed by atoms with Crippen molar-refractivity contribution in [2.45, 2.75) is 40.2 Å². The van der Waals surface area contributed by atoms with Gasteiger partial charge in [-0.3, -0.25) is 9.59 Å². The lowest BCUT2D eigenvalue weighted by Gasteiger charge is -2.09. The highest BCUT2D eigenvalue weighted by molar-refractivity contribution is 7.22. The average molecular weight is 432 g/mol. The summed E-state index contributed by atoms with van der Waals surface area (Å²) in [5.41, 5.74) is 5.90. The number of rotatable bonds is 6. The first kappa shape index (κ1) is 21.0. The second-order valence-corrected chi connectivity index (χ2v) is 8.87. The molecule has 0 saturated carbocycles. The highest BCUT2D eigenvalue weighted by Gasteiger charge is 2.13. The molecule has 0 aliphatic rings. The van der Waals surface area contributed by atoms with Crippen LogP contribution in [0.3, 0.4) is 0 Å². The molecule has 1 amide bonds. The number of hydrogen-bond donors (Lipinski definition) is 1. The molecule has 2 heterocycles. The minimum absolute atomic E-state index is 0.0273. The smallest absolute Gasteiger partial charge is 0.290 e. The van der Waals surface area contributed by atoms with Gasteiger partial charge in [0.2, 0.25) is 5.91 Å². The summed E-state index contributed by atoms with van der Waals surface area (Å²) in [6, 6.07) is 16.4. The summed E-state index contributed by atoms with van der Waals surface area (Å²) >= 11 is 1.46. The molecule has 158 valence electrons. The molecule has 31 heavy (non-hydrogen) atoms. The molecule has 2 aromatic carbocycles. The Morgan fingerprint density at radius 2 is 1.87 bits per heavy atom. The lowest BCUT2D eigenvalue weighted by molar-refractivity contribution is -0.116. The Bertz CT molecular complexity index is 1300. The minimum atomic E-state index is -0.202. The van der Waals surface area contributed by atoms with Crippen LogP contribution in [-0.4, -0.2) is 15.5 Å². The lowest BCUT2D eigenvalue weighted by Crippen LogP contribution is -2.11. The van der Waals surface area contributed by atoms with Gasteiger partial charge in [0.15, 0.2) is 0 Å². The molecular weight excluding hydrogens is 406 g/mol. The molecule has 0 saturated heterocycles. The van der Waals surface area contributed by atoms with E-state index in [0.717, 1.165) is 39.2 Å². The van der Waals surface area contributed by atoms with E-state index in [1.807, 2.05) is 30.5 Å². The maximum absolute atomic E-state index is 12.4. The van der Waals surface area contributed by atoms with Gasteiger partial charge in [-0.2, -0.15) is 4.98 Å². The summed E-state index contributed by atoms with van der Waals surface area (Å²) in [4.78, 5) is 29.4. The minimum Gasteiger partial charge on any atom is -0.326 e. The third-order valence-corrected chi connectivity index (χ3v) is 6.43. The van der Waals surface area contributed by atoms with Crippen LogP contribution in [-0.2, 0) is 11.3 Å². The summed E-state index contributed by atoms with van der Waals surface area (Å²) in [5, 5.41) is 2.97. The van der Waals surface area contributed by atoms with Gasteiger partial charge < -0.3 is 9.88 Å². The molecule has 0 bridgehead atoms. The van der Waals surface area contributed by atoms with Crippen LogP contribution in [0.25, 0.3) is 20.7 Å². The summed E-state index contributed by atoms with van der Waals surface area (Å²) in [6.45, 7) is 6.69. The Morgan fingerprint density at radius 3 is 2.58 bits per heavy atom. The number of thiophene rings is 1. The first-order valence-corrected chi connectivity index (χ1v) is 11.2. The van der Waals surface area contributed by atoms with Crippen molar-refractivity contribution in [1.82, 2.24) is 9.55 Å². The Kier molecular flexibility index (Phi) is 6.00. The number of nitrogens with zero attached hydrogens (tertiary/aromatic N) is 2. The third kappa shape index (κ3) is 4.59. The van der Waals surface area contributed by atoms with Gasteiger partial charge in [-0.1, -0.05) is 42.8 Å². The Morgan fingerprint density at radius 1 is 1.10 bits per heavy atom. The summed E-state index contributed by atoms with van der Waals surface area (Å²) in [6.07, 6.45) is 2.95. The van der Waals surface area contributed by atoms with Gasteiger partial charge in [0.1, 0.15) is 4.70 Å². The number of benzene rings is 2. The second-order valence-electron chi connectivity index (χ2n) is 7.82. The fourth-order valence-corrected chi connectivity index (χ4v) is 4.60. The molecule has 0 unspecified atom stereocenters. The molecule has 5 nitrogen and oxygen atoms in total. The van der Waals surface area contributed by atoms with E-state index in [-0.39, 0.29) is 11.5 Å². The van der Waals surface area contributed by atoms with Crippen molar-refractivity contribution in [1.29, 1.82) is 0 Å². The zero-order chi connectivity index (χ0) is 22.0. The number of fused-ring (bicyclic) bond motifs is 1. The first-order chi connectivity index (χ1) is 14.9. The van der Waals surface area contributed by atoms with Gasteiger partial charge in [0.05, 0.1) is 11.8 Å². The second kappa shape index (κ2) is 8.86. The van der Waals surface area contributed by atoms with Crippen LogP contribution in [0.5, 0.6) is 0 Å². The molecule has 4 rings (SSSR count). The van der Waals surface area contributed by atoms with E-state index >= 15 is 0 Å². The topological polar surface area (TPSA) is 64.0 Å². The molecule has 6 heteroatoms. The van der Waals surface area contributed by atoms with Crippen molar-refractivity contribution in [3.63, 3.8) is 0 Å². The fourth-order valence-electron chi connectivity index (χ4n) is 3.55. The van der Waals surface area contributed by atoms with Crippen LogP contribution in [0.4, 0.5) is 5.69 Å². The van der Waals surface area contributed by atoms with Crippen molar-refractivity contribution in [2.75, 3.05) is 5.32 Å². The van der Waals surface area contributed by atoms with Crippen molar-refractivity contribution < 1.29 is 4.79 Å². The molecule has 0 fully saturated rings. The van der Waals surface area contributed by atoms with E-state index in [9.17, 15) is 9.59 Å². The van der Waals surface area contributed by atoms with Crippen molar-refractivity contribution >= 4 is 33.1 Å². The average Bonchev–Trinajstić information content (AvgIpc) is 3.20. The van der Waals surface area contributed by atoms with Gasteiger partial charge in [-0.05, 0) is 55.2 Å². The summed E-state index contributed by atoms with van der Waals surface area (Å²) in [5.74, 6) is 0.0273. The normalized spacial score (nSPS) is 11.1. The van der Waals surface area contributed by atoms with E-state index in [1.54, 1.807) is 6.33 Å². The van der Waals surface area contributed by atoms with E-state index in [2.05, 4.69) is 53.6 Å². The molecule has 2 aromatic heterocycles. The first-order valence-electron chi connectivity index (χ1n) is 10.4. The number of hydrogen-bond acceptors (Lipinski definition) is 4. The molecule has 0 radical (unpaired) electrons. The van der Waals surface area contributed by atoms with Gasteiger partial charge in [-0.15, -0.1) is 11.3 Å². The van der Waals surface area contributed by atoms with Crippen LogP contribution in [0, 0.1) is 13.8 Å². The quantitative estimate of drug-likeness (QED) is 0.437. The fraction of sp³-hybridized carbons (Fsp3) is 0.240. The number of anilines is 1. The van der Waals surface area contributed by atoms with E-state index in [4.69, 9.17) is 0 Å². The van der Waals surface area contributed by atoms with Crippen LogP contribution in [0.15, 0.2) is 59.7 Å². The summed E-state index contributed by atoms with van der Waals surface area (Å²) in [7, 11) is 0. The van der Waals surface area contributed by atoms with Gasteiger partial charge >= 0.3 is 0 Å². The SMILES string of the molecule is CCCC(=O)Nc1ccc(-c2cc3c(s2)c(=O)ncn3Cc2ccc(C)cc2)cc1C. The van der Waals surface area contributed by atoms with Crippen LogP contribution in [0.1, 0.15) is 36.5 Å². The predicted molar refractivity (Wildman–Crippen MR) is 128 cm³/mol. The van der Waals surface area contributed by atoms with Gasteiger partial charge in [-0.25, -0.2) is 0 Å². The molecular formula is C25H25N3O2S. The maximum atomic E-state index is 12.4. The highest BCUT2D eigenvalue weighted by Crippen LogP contribution is 2.33. The molecule has 0 aliphatic heterocycles. The van der Waals surface area contributed by atoms with E-state index in [1.165, 1.54) is 16.9 Å². The number of aryl methyl sites for hydroxylation is 2. The molecule has 0 aliphatic carbocycles. The van der Waals surface area contributed by atoms with Gasteiger partial charge in [0, 0.05) is 23.5 Å². The Labute approximate surface area is 185 Å². The zero-order valence-electron chi connectivity index (χ0n) is 17.9. The standard InChI is InChI=1S/C25H25N3O2S/c1-4-5-23(29)27-20-11-10-19(12-17(20)3)22-13-21-24(31-22)25(30)26-15-28(21)14-18-8-6-16(2)7-9-18/h6-13,15H,4-5,14H2,1-3H3,(H,27,29). The van der Waals surface area contributed by atoms with Crippen molar-refractivity contribution in [3.05, 3.63) is 81.9 Å². The molecule has 0 atom stereocenters. The van der Waals surface area contributed by atoms with Crippen molar-refractivity contribution in [3.8, 4) is 10.4 Å². The van der Waals surface area contributed by atoms with E-state index < -0.39 is 0 Å². The van der Waals surface area contributed by atoms with E-state index in [0.29, 0.717) is 17.7 Å².